The topological polar surface area (TPSA) is 34.1 Å². The number of allylic oxidation sites excluding steroid dienone is 1. The molecule has 2 heterocycles. The molecule has 2 atom stereocenters. The molecule has 0 aliphatic carbocycles. The minimum absolute atomic E-state index is 0.159. The van der Waals surface area contributed by atoms with Gasteiger partial charge in [0.25, 0.3) is 0 Å². The molecular formula is C16H16F4O2S. The Labute approximate surface area is 132 Å². The molecule has 0 N–H and O–H groups in total. The number of alkyl halides is 3. The fourth-order valence-corrected chi connectivity index (χ4v) is 5.70. The minimum Gasteiger partial charge on any atom is -0.228 e. The number of rotatable bonds is 2. The smallest absolute Gasteiger partial charge is 0.228 e. The van der Waals surface area contributed by atoms with Crippen molar-refractivity contribution in [3.63, 3.8) is 0 Å². The fraction of sp³-hybridized carbons (Fsp3) is 0.500. The average molecular weight is 348 g/mol. The zero-order valence-corrected chi connectivity index (χ0v) is 13.1. The van der Waals surface area contributed by atoms with Crippen molar-refractivity contribution in [2.45, 2.75) is 48.8 Å². The van der Waals surface area contributed by atoms with Crippen LogP contribution in [-0.4, -0.2) is 18.9 Å². The molecule has 2 bridgehead atoms. The van der Waals surface area contributed by atoms with Gasteiger partial charge in [0.05, 0.1) is 16.1 Å². The molecular weight excluding hydrogens is 332 g/mol. The van der Waals surface area contributed by atoms with Crippen LogP contribution in [0.25, 0.3) is 0 Å². The van der Waals surface area contributed by atoms with Crippen molar-refractivity contribution in [2.24, 2.45) is 0 Å². The quantitative estimate of drug-likeness (QED) is 0.597. The van der Waals surface area contributed by atoms with E-state index >= 15 is 0 Å². The molecule has 0 radical (unpaired) electrons. The van der Waals surface area contributed by atoms with Gasteiger partial charge in [0.1, 0.15) is 5.82 Å². The van der Waals surface area contributed by atoms with Crippen molar-refractivity contribution in [1.82, 2.24) is 0 Å². The second kappa shape index (κ2) is 5.61. The Morgan fingerprint density at radius 1 is 1.17 bits per heavy atom. The van der Waals surface area contributed by atoms with E-state index in [4.69, 9.17) is 0 Å². The van der Waals surface area contributed by atoms with Gasteiger partial charge in [0.2, 0.25) is 0 Å². The van der Waals surface area contributed by atoms with E-state index in [1.807, 2.05) is 0 Å². The third kappa shape index (κ3) is 3.16. The van der Waals surface area contributed by atoms with Gasteiger partial charge < -0.3 is 0 Å². The number of hydrogen-bond donors (Lipinski definition) is 0. The monoisotopic (exact) mass is 348 g/mol. The van der Waals surface area contributed by atoms with E-state index in [-0.39, 0.29) is 12.0 Å². The molecule has 7 heteroatoms. The Balaban J connectivity index is 1.85. The maximum absolute atomic E-state index is 13.9. The van der Waals surface area contributed by atoms with Gasteiger partial charge in [0.15, 0.2) is 9.84 Å². The van der Waals surface area contributed by atoms with Crippen molar-refractivity contribution in [2.75, 3.05) is 0 Å². The fourth-order valence-electron chi connectivity index (χ4n) is 3.38. The van der Waals surface area contributed by atoms with Crippen LogP contribution < -0.4 is 0 Å². The van der Waals surface area contributed by atoms with E-state index in [0.29, 0.717) is 25.3 Å². The summed E-state index contributed by atoms with van der Waals surface area (Å²) in [5, 5.41) is -0.957. The Morgan fingerprint density at radius 2 is 1.91 bits per heavy atom. The summed E-state index contributed by atoms with van der Waals surface area (Å²) in [7, 11) is -3.15. The summed E-state index contributed by atoms with van der Waals surface area (Å²) in [6.45, 7) is 0. The normalized spacial score (nSPS) is 26.7. The lowest BCUT2D eigenvalue weighted by Gasteiger charge is -2.33. The van der Waals surface area contributed by atoms with Gasteiger partial charge in [-0.1, -0.05) is 24.1 Å². The van der Waals surface area contributed by atoms with Gasteiger partial charge >= 0.3 is 6.18 Å². The van der Waals surface area contributed by atoms with Gasteiger partial charge in [-0.05, 0) is 43.4 Å². The number of hydrogen-bond acceptors (Lipinski definition) is 2. The first kappa shape index (κ1) is 16.5. The van der Waals surface area contributed by atoms with Crippen molar-refractivity contribution in [3.05, 3.63) is 46.8 Å². The average Bonchev–Trinajstić information content (AvgIpc) is 2.40. The zero-order valence-electron chi connectivity index (χ0n) is 12.2. The van der Waals surface area contributed by atoms with Crippen LogP contribution in [0, 0.1) is 5.82 Å². The standard InChI is InChI=1S/C16H16F4O2S/c17-15-9-12(16(18,19)20)5-4-11(15)6-10-7-13-2-1-3-14(8-10)23(13,21)22/h4-5,7,9,13-14H,1-3,6,8H2. The molecule has 0 saturated carbocycles. The first-order chi connectivity index (χ1) is 10.7. The van der Waals surface area contributed by atoms with E-state index in [1.165, 1.54) is 0 Å². The molecule has 2 nitrogen and oxygen atoms in total. The van der Waals surface area contributed by atoms with Crippen LogP contribution >= 0.6 is 0 Å². The Hall–Kier alpha value is -1.37. The van der Waals surface area contributed by atoms with E-state index < -0.39 is 37.9 Å². The molecule has 3 rings (SSSR count). The molecule has 1 fully saturated rings. The summed E-state index contributed by atoms with van der Waals surface area (Å²) >= 11 is 0. The van der Waals surface area contributed by atoms with Gasteiger partial charge in [-0.3, -0.25) is 0 Å². The van der Waals surface area contributed by atoms with E-state index in [2.05, 4.69) is 0 Å². The van der Waals surface area contributed by atoms with Crippen molar-refractivity contribution >= 4 is 9.84 Å². The van der Waals surface area contributed by atoms with Gasteiger partial charge in [0, 0.05) is 0 Å². The first-order valence-corrected chi connectivity index (χ1v) is 9.07. The predicted octanol–water partition coefficient (Wildman–Crippen LogP) is 4.05. The van der Waals surface area contributed by atoms with Crippen LogP contribution in [0.5, 0.6) is 0 Å². The summed E-state index contributed by atoms with van der Waals surface area (Å²) in [4.78, 5) is 0. The summed E-state index contributed by atoms with van der Waals surface area (Å²) in [5.41, 5.74) is -0.0503. The van der Waals surface area contributed by atoms with Gasteiger partial charge in [-0.25, -0.2) is 12.8 Å². The molecule has 23 heavy (non-hydrogen) atoms. The van der Waals surface area contributed by atoms with Crippen LogP contribution in [0.1, 0.15) is 36.8 Å². The highest BCUT2D eigenvalue weighted by Crippen LogP contribution is 2.37. The van der Waals surface area contributed by atoms with Crippen molar-refractivity contribution in [3.8, 4) is 0 Å². The van der Waals surface area contributed by atoms with Crippen LogP contribution in [0.3, 0.4) is 0 Å². The number of sulfone groups is 1. The minimum atomic E-state index is -4.57. The maximum Gasteiger partial charge on any atom is 0.416 e. The van der Waals surface area contributed by atoms with Gasteiger partial charge in [-0.2, -0.15) is 13.2 Å². The molecule has 2 unspecified atom stereocenters. The highest BCUT2D eigenvalue weighted by atomic mass is 32.2. The lowest BCUT2D eigenvalue weighted by atomic mass is 9.93. The summed E-state index contributed by atoms with van der Waals surface area (Å²) < 4.78 is 75.9. The third-order valence-corrected chi connectivity index (χ3v) is 7.16. The Kier molecular flexibility index (Phi) is 4.02. The molecule has 1 aromatic rings. The first-order valence-electron chi connectivity index (χ1n) is 7.46. The molecule has 1 aromatic carbocycles. The molecule has 0 aromatic heterocycles. The predicted molar refractivity (Wildman–Crippen MR) is 78.2 cm³/mol. The lowest BCUT2D eigenvalue weighted by Crippen LogP contribution is -2.39. The zero-order chi connectivity index (χ0) is 16.8. The highest BCUT2D eigenvalue weighted by molar-refractivity contribution is 7.92. The molecule has 2 aliphatic rings. The largest absolute Gasteiger partial charge is 0.416 e. The molecule has 0 spiro atoms. The Bertz CT molecular complexity index is 750. The molecule has 126 valence electrons. The number of benzene rings is 1. The lowest BCUT2D eigenvalue weighted by molar-refractivity contribution is -0.137. The van der Waals surface area contributed by atoms with Gasteiger partial charge in [-0.15, -0.1) is 0 Å². The number of fused-ring (bicyclic) bond motifs is 2. The molecule has 2 aliphatic heterocycles. The SMILES string of the molecule is O=S1(=O)C2C=C(Cc3ccc(C(F)(F)F)cc3F)CC1CCC2. The highest BCUT2D eigenvalue weighted by Gasteiger charge is 2.40. The van der Waals surface area contributed by atoms with Crippen LogP contribution in [-0.2, 0) is 22.4 Å². The second-order valence-electron chi connectivity index (χ2n) is 6.19. The van der Waals surface area contributed by atoms with Crippen LogP contribution in [0.2, 0.25) is 0 Å². The third-order valence-electron chi connectivity index (χ3n) is 4.61. The van der Waals surface area contributed by atoms with E-state index in [0.717, 1.165) is 24.1 Å². The number of halogens is 4. The molecule has 0 amide bonds. The summed E-state index contributed by atoms with van der Waals surface area (Å²) in [6.07, 6.45) is -0.376. The maximum atomic E-state index is 13.9. The van der Waals surface area contributed by atoms with E-state index in [1.54, 1.807) is 6.08 Å². The van der Waals surface area contributed by atoms with Crippen LogP contribution in [0.15, 0.2) is 29.8 Å². The summed E-state index contributed by atoms with van der Waals surface area (Å²) in [5.74, 6) is -0.903. The van der Waals surface area contributed by atoms with Crippen molar-refractivity contribution < 1.29 is 26.0 Å². The summed E-state index contributed by atoms with van der Waals surface area (Å²) in [6, 6.07) is 2.49. The van der Waals surface area contributed by atoms with E-state index in [9.17, 15) is 26.0 Å². The van der Waals surface area contributed by atoms with Crippen molar-refractivity contribution in [1.29, 1.82) is 0 Å². The second-order valence-corrected chi connectivity index (χ2v) is 8.64. The Morgan fingerprint density at radius 3 is 2.52 bits per heavy atom. The molecule has 1 saturated heterocycles. The van der Waals surface area contributed by atoms with Crippen LogP contribution in [0.4, 0.5) is 17.6 Å².